The van der Waals surface area contributed by atoms with Gasteiger partial charge in [0.25, 0.3) is 0 Å². The molecule has 27 N–H and O–H groups in total. The maximum atomic E-state index is 15.0. The summed E-state index contributed by atoms with van der Waals surface area (Å²) in [6.45, 7) is 8.25. The Hall–Kier alpha value is -6.98. The highest BCUT2D eigenvalue weighted by Gasteiger charge is 2.49. The van der Waals surface area contributed by atoms with Crippen molar-refractivity contribution in [2.45, 2.75) is 229 Å². The first-order valence-corrected chi connectivity index (χ1v) is 35.9. The van der Waals surface area contributed by atoms with Crippen molar-refractivity contribution in [3.05, 3.63) is 0 Å². The molecule has 3 heterocycles. The largest absolute Gasteiger partial charge is 0.567 e. The summed E-state index contributed by atoms with van der Waals surface area (Å²) in [5, 5.41) is 64.7. The number of carboxylic acid groups (broad SMARTS) is 1. The first kappa shape index (κ1) is 88.2. The Labute approximate surface area is 587 Å². The number of aliphatic hydroxyl groups excluding tert-OH is 3. The van der Waals surface area contributed by atoms with Crippen molar-refractivity contribution < 1.29 is 102 Å². The molecular formula is C61H112N18O21P+. The van der Waals surface area contributed by atoms with Crippen molar-refractivity contribution in [3.8, 4) is 0 Å². The van der Waals surface area contributed by atoms with E-state index in [1.165, 1.54) is 4.90 Å². The Morgan fingerprint density at radius 3 is 1.32 bits per heavy atom. The number of nitrogens with one attached hydrogen (secondary N) is 10. The number of carbonyl (C=O) groups excluding carboxylic acids is 12. The third-order valence-electron chi connectivity index (χ3n) is 17.6. The molecule has 14 atom stereocenters. The minimum absolute atomic E-state index is 0.00700. The van der Waals surface area contributed by atoms with Crippen LogP contribution in [-0.4, -0.2) is 277 Å². The predicted octanol–water partition coefficient (Wildman–Crippen LogP) is -8.43. The van der Waals surface area contributed by atoms with Crippen LogP contribution in [0.2, 0.25) is 0 Å². The highest BCUT2D eigenvalue weighted by atomic mass is 31.2. The predicted molar refractivity (Wildman–Crippen MR) is 362 cm³/mol. The third kappa shape index (κ3) is 27.6. The highest BCUT2D eigenvalue weighted by Crippen LogP contribution is 2.47. The standard InChI is InChI=1S/C61H111N18O21P/c1-31(2)44(73-48(83)35(64)16-8-10-22-62)55(90)70-38(28-80)51(86)74-46(33(5)6)56(91)75-45(32(3)4)54(89)69-37(18-12-24-67-61(65)66)50(85)76-47(34(7)100-101(97,98)99)59(94)79-27-15-21-43(79)58(93)78-26-14-20-42(78)52(87)68-36(17-9-11-23-63)49(84)71-39(29-81)57(92)77-25-13-19-41(77)53(88)72-40(30-82)60(95)96/h31-47,61,67,80-82,97-99H,8-30,62-66H2,1-7H3,(H9-,68,69,70,71,72,73,74,75,76,83,84,85,86,87,88,89,90,91,95,96)/p+1/t34-,35-,36-,37-,38-,39-,40-,41-,42-,43-,44-,45-,46-,47-/m0/s1. The summed E-state index contributed by atoms with van der Waals surface area (Å²) in [6.07, 6.45) is 0.0516. The molecule has 40 heteroatoms. The number of hydrogen-bond acceptors (Lipinski definition) is 26. The monoisotopic (exact) mass is 1460 g/mol. The highest BCUT2D eigenvalue weighted by molar-refractivity contribution is 7.53. The Balaban J connectivity index is 1.89. The van der Waals surface area contributed by atoms with Crippen LogP contribution in [0.1, 0.15) is 138 Å². The van der Waals surface area contributed by atoms with Gasteiger partial charge in [0, 0.05) is 19.6 Å². The minimum Gasteiger partial charge on any atom is -0.480 e. The number of rotatable bonds is 44. The average Bonchev–Trinajstić information content (AvgIpc) is 2.00. The van der Waals surface area contributed by atoms with E-state index < -0.39 is 214 Å². The molecule has 0 aromatic carbocycles. The number of hydrogen-bond donors (Lipinski definition) is 22. The van der Waals surface area contributed by atoms with E-state index >= 15 is 0 Å². The topological polar surface area (TPSA) is 633 Å². The fourth-order valence-electron chi connectivity index (χ4n) is 11.9. The van der Waals surface area contributed by atoms with E-state index in [0.717, 1.165) is 16.7 Å². The first-order valence-electron chi connectivity index (χ1n) is 34.3. The quantitative estimate of drug-likeness (QED) is 0.0153. The van der Waals surface area contributed by atoms with Crippen molar-refractivity contribution in [1.82, 2.24) is 67.9 Å². The van der Waals surface area contributed by atoms with Crippen LogP contribution in [0.25, 0.3) is 0 Å². The van der Waals surface area contributed by atoms with Crippen LogP contribution in [-0.2, 0) is 66.9 Å². The van der Waals surface area contributed by atoms with Gasteiger partial charge in [-0.25, -0.2) is 4.79 Å². The van der Waals surface area contributed by atoms with Crippen LogP contribution in [0.4, 0.5) is 0 Å². The van der Waals surface area contributed by atoms with Crippen LogP contribution in [0.3, 0.4) is 0 Å². The molecule has 3 fully saturated rings. The Morgan fingerprint density at radius 1 is 0.446 bits per heavy atom. The summed E-state index contributed by atoms with van der Waals surface area (Å²) >= 11 is 0. The molecule has 0 aliphatic carbocycles. The molecule has 12 amide bonds. The van der Waals surface area contributed by atoms with E-state index in [1.807, 2.05) is 0 Å². The van der Waals surface area contributed by atoms with E-state index in [9.17, 15) is 97.4 Å². The number of aliphatic carboxylic acids is 1. The lowest BCUT2D eigenvalue weighted by molar-refractivity contribution is -0.149. The zero-order valence-corrected chi connectivity index (χ0v) is 59.6. The molecule has 101 heavy (non-hydrogen) atoms. The summed E-state index contributed by atoms with van der Waals surface area (Å²) < 4.78 is 5.08. The summed E-state index contributed by atoms with van der Waals surface area (Å²) in [5.41, 5.74) is 28.7. The smallest absolute Gasteiger partial charge is 0.480 e. The molecule has 0 unspecified atom stereocenters. The summed E-state index contributed by atoms with van der Waals surface area (Å²) in [6, 6.07) is -18.7. The van der Waals surface area contributed by atoms with Gasteiger partial charge in [-0.05, 0) is 128 Å². The van der Waals surface area contributed by atoms with Crippen molar-refractivity contribution in [2.75, 3.05) is 59.1 Å². The zero-order chi connectivity index (χ0) is 76.2. The SMILES string of the molecule is CC(C)[C@H](NC(=O)[C@H](CO)NC(=O)[C@@H](NC(=O)[C@@H](N)CCCCN)C(C)C)C(=O)N[C@H](C(=O)N[C@@H](CCCNC(N)N)C(=O)N[C@H](C(=O)N1CCC[C@H]1C(=O)N1CCC[C@H]1C(=O)N[C@@H](CCCCN)C(=O)N[C@@H](CO)C(=O)N1CCC[C@H]1C(=O)N[C@@H](CO)C(=O)O)[C@H](C)O[P+](O)(O)O)C(C)C. The van der Waals surface area contributed by atoms with Crippen LogP contribution < -0.4 is 81.8 Å². The number of nitrogens with two attached hydrogens (primary N) is 5. The number of likely N-dealkylation sites (tertiary alicyclic amines) is 3. The van der Waals surface area contributed by atoms with Gasteiger partial charge in [-0.2, -0.15) is 14.7 Å². The second-order valence-electron chi connectivity index (χ2n) is 26.6. The van der Waals surface area contributed by atoms with Gasteiger partial charge in [-0.3, -0.25) is 62.9 Å². The van der Waals surface area contributed by atoms with Gasteiger partial charge >= 0.3 is 14.1 Å². The Bertz CT molecular complexity index is 2790. The maximum Gasteiger partial charge on any atom is 0.567 e. The molecule has 39 nitrogen and oxygen atoms in total. The van der Waals surface area contributed by atoms with Gasteiger partial charge in [-0.15, -0.1) is 4.52 Å². The van der Waals surface area contributed by atoms with E-state index in [0.29, 0.717) is 38.6 Å². The minimum atomic E-state index is -5.21. The molecule has 576 valence electrons. The van der Waals surface area contributed by atoms with Gasteiger partial charge < -0.3 is 112 Å². The summed E-state index contributed by atoms with van der Waals surface area (Å²) in [5.74, 6) is -14.2. The molecule has 0 bridgehead atoms. The number of nitrogens with zero attached hydrogens (tertiary/aromatic N) is 3. The lowest BCUT2D eigenvalue weighted by atomic mass is 9.98. The molecule has 0 spiro atoms. The fourth-order valence-corrected chi connectivity index (χ4v) is 12.5. The fraction of sp³-hybridized carbons (Fsp3) is 0.787. The zero-order valence-electron chi connectivity index (χ0n) is 58.7. The van der Waals surface area contributed by atoms with Gasteiger partial charge in [0.15, 0.2) is 0 Å². The number of unbranched alkanes of at least 4 members (excludes halogenated alkanes) is 2. The molecule has 0 saturated carbocycles. The average molecular weight is 1460 g/mol. The van der Waals surface area contributed by atoms with Gasteiger partial charge in [-0.1, -0.05) is 48.0 Å². The first-order chi connectivity index (χ1) is 47.5. The molecule has 3 saturated heterocycles. The summed E-state index contributed by atoms with van der Waals surface area (Å²) in [4.78, 5) is 214. The number of aliphatic hydroxyl groups is 3. The lowest BCUT2D eigenvalue weighted by Crippen LogP contribution is -2.63. The second kappa shape index (κ2) is 43.2. The molecular weight excluding hydrogens is 1350 g/mol. The van der Waals surface area contributed by atoms with Gasteiger partial charge in [0.05, 0.1) is 25.9 Å². The van der Waals surface area contributed by atoms with Crippen LogP contribution in [0.15, 0.2) is 0 Å². The molecule has 3 aliphatic rings. The van der Waals surface area contributed by atoms with Crippen molar-refractivity contribution in [1.29, 1.82) is 0 Å². The van der Waals surface area contributed by atoms with Crippen LogP contribution in [0.5, 0.6) is 0 Å². The molecule has 0 radical (unpaired) electrons. The second-order valence-corrected chi connectivity index (χ2v) is 27.8. The summed E-state index contributed by atoms with van der Waals surface area (Å²) in [7, 11) is -5.21. The number of carbonyl (C=O) groups is 13. The van der Waals surface area contributed by atoms with Gasteiger partial charge in [0.1, 0.15) is 84.9 Å². The maximum absolute atomic E-state index is 15.0. The lowest BCUT2D eigenvalue weighted by Gasteiger charge is -2.34. The van der Waals surface area contributed by atoms with Crippen molar-refractivity contribution in [3.63, 3.8) is 0 Å². The van der Waals surface area contributed by atoms with Gasteiger partial charge in [0.2, 0.25) is 70.9 Å². The molecule has 0 aromatic rings. The molecule has 3 rings (SSSR count). The van der Waals surface area contributed by atoms with Crippen LogP contribution in [0, 0.1) is 17.8 Å². The van der Waals surface area contributed by atoms with Crippen molar-refractivity contribution in [2.24, 2.45) is 46.4 Å². The number of carboxylic acids is 1. The van der Waals surface area contributed by atoms with E-state index in [2.05, 4.69) is 53.2 Å². The number of amides is 12. The Kier molecular flexibility index (Phi) is 37.7. The van der Waals surface area contributed by atoms with E-state index in [-0.39, 0.29) is 90.5 Å². The normalized spacial score (nSPS) is 19.6. The van der Waals surface area contributed by atoms with E-state index in [1.54, 1.807) is 41.5 Å². The van der Waals surface area contributed by atoms with Crippen LogP contribution >= 0.6 is 8.17 Å². The molecule has 0 aromatic heterocycles. The third-order valence-corrected chi connectivity index (χ3v) is 18.2. The molecule has 3 aliphatic heterocycles. The Morgan fingerprint density at radius 2 is 0.832 bits per heavy atom. The van der Waals surface area contributed by atoms with E-state index in [4.69, 9.17) is 33.2 Å². The van der Waals surface area contributed by atoms with Crippen molar-refractivity contribution >= 4 is 85.0 Å².